The summed E-state index contributed by atoms with van der Waals surface area (Å²) in [5.41, 5.74) is 7.96. The van der Waals surface area contributed by atoms with Gasteiger partial charge in [-0.15, -0.1) is 0 Å². The quantitative estimate of drug-likeness (QED) is 0.861. The Morgan fingerprint density at radius 1 is 1.24 bits per heavy atom. The van der Waals surface area contributed by atoms with Gasteiger partial charge >= 0.3 is 0 Å². The molecule has 1 heterocycles. The summed E-state index contributed by atoms with van der Waals surface area (Å²) < 4.78 is 5.69. The maximum atomic E-state index is 6.19. The van der Waals surface area contributed by atoms with Gasteiger partial charge < -0.3 is 10.2 Å². The van der Waals surface area contributed by atoms with Crippen LogP contribution in [0.5, 0.6) is 0 Å². The fraction of sp³-hybridized carbons (Fsp3) is 0.500. The lowest BCUT2D eigenvalue weighted by atomic mass is 9.93. The van der Waals surface area contributed by atoms with E-state index in [1.165, 1.54) is 0 Å². The number of oxazole rings is 1. The molecule has 1 aromatic heterocycles. The van der Waals surface area contributed by atoms with E-state index in [1.54, 1.807) is 0 Å². The molecule has 0 spiro atoms. The van der Waals surface area contributed by atoms with E-state index >= 15 is 0 Å². The van der Waals surface area contributed by atoms with Crippen LogP contribution in [0.1, 0.15) is 32.6 Å². The van der Waals surface area contributed by atoms with Crippen molar-refractivity contribution in [3.63, 3.8) is 0 Å². The Bertz CT molecular complexity index is 441. The summed E-state index contributed by atoms with van der Waals surface area (Å²) in [6, 6.07) is 7.96. The summed E-state index contributed by atoms with van der Waals surface area (Å²) in [5.74, 6) is 1.30. The Morgan fingerprint density at radius 2 is 1.94 bits per heavy atom. The predicted molar refractivity (Wildman–Crippen MR) is 69.8 cm³/mol. The Balaban J connectivity index is 2.12. The third kappa shape index (κ3) is 2.67. The molecule has 2 rings (SSSR count). The second-order valence-corrected chi connectivity index (χ2v) is 4.52. The summed E-state index contributed by atoms with van der Waals surface area (Å²) >= 11 is 0. The van der Waals surface area contributed by atoms with Crippen LogP contribution < -0.4 is 5.73 Å². The lowest BCUT2D eigenvalue weighted by molar-refractivity contribution is 0.368. The molecule has 1 atom stereocenters. The van der Waals surface area contributed by atoms with Crippen molar-refractivity contribution < 1.29 is 4.42 Å². The van der Waals surface area contributed by atoms with Gasteiger partial charge in [-0.3, -0.25) is 0 Å². The summed E-state index contributed by atoms with van der Waals surface area (Å²) in [7, 11) is 0. The summed E-state index contributed by atoms with van der Waals surface area (Å²) in [6.45, 7) is 4.36. The van der Waals surface area contributed by atoms with Gasteiger partial charge in [-0.05, 0) is 18.1 Å². The third-order valence-corrected chi connectivity index (χ3v) is 3.40. The van der Waals surface area contributed by atoms with Gasteiger partial charge in [0.25, 0.3) is 0 Å². The van der Waals surface area contributed by atoms with Gasteiger partial charge in [0.15, 0.2) is 11.5 Å². The van der Waals surface area contributed by atoms with E-state index in [-0.39, 0.29) is 6.04 Å². The zero-order chi connectivity index (χ0) is 12.3. The normalized spacial score (nSPS) is 13.4. The molecule has 92 valence electrons. The number of rotatable bonds is 5. The van der Waals surface area contributed by atoms with Gasteiger partial charge in [0.2, 0.25) is 0 Å². The predicted octanol–water partition coefficient (Wildman–Crippen LogP) is 3.13. The van der Waals surface area contributed by atoms with Crippen molar-refractivity contribution >= 4 is 11.1 Å². The second kappa shape index (κ2) is 5.32. The van der Waals surface area contributed by atoms with E-state index in [0.717, 1.165) is 36.3 Å². The van der Waals surface area contributed by atoms with E-state index in [1.807, 2.05) is 24.3 Å². The molecule has 0 bridgehead atoms. The summed E-state index contributed by atoms with van der Waals surface area (Å²) in [4.78, 5) is 4.46. The lowest BCUT2D eigenvalue weighted by Crippen LogP contribution is -2.31. The SMILES string of the molecule is CCC(CC)C(N)Cc1nc2ccccc2o1. The zero-order valence-electron chi connectivity index (χ0n) is 10.5. The van der Waals surface area contributed by atoms with Crippen LogP contribution >= 0.6 is 0 Å². The Hall–Kier alpha value is -1.35. The van der Waals surface area contributed by atoms with Gasteiger partial charge in [-0.2, -0.15) is 0 Å². The molecule has 2 aromatic rings. The van der Waals surface area contributed by atoms with Gasteiger partial charge in [0.05, 0.1) is 0 Å². The molecule has 0 aliphatic heterocycles. The first-order chi connectivity index (χ1) is 8.24. The molecule has 0 saturated carbocycles. The van der Waals surface area contributed by atoms with E-state index in [2.05, 4.69) is 18.8 Å². The number of benzene rings is 1. The number of nitrogens with two attached hydrogens (primary N) is 1. The van der Waals surface area contributed by atoms with Gasteiger partial charge in [-0.25, -0.2) is 4.98 Å². The highest BCUT2D eigenvalue weighted by molar-refractivity contribution is 5.72. The van der Waals surface area contributed by atoms with Crippen LogP contribution in [0.2, 0.25) is 0 Å². The average Bonchev–Trinajstić information content (AvgIpc) is 2.72. The summed E-state index contributed by atoms with van der Waals surface area (Å²) in [5, 5.41) is 0. The van der Waals surface area contributed by atoms with Gasteiger partial charge in [0.1, 0.15) is 5.52 Å². The van der Waals surface area contributed by atoms with Crippen molar-refractivity contribution in [3.8, 4) is 0 Å². The molecule has 0 saturated heterocycles. The minimum Gasteiger partial charge on any atom is -0.441 e. The van der Waals surface area contributed by atoms with Crippen molar-refractivity contribution in [1.82, 2.24) is 4.98 Å². The van der Waals surface area contributed by atoms with Crippen LogP contribution in [0.4, 0.5) is 0 Å². The molecule has 3 heteroatoms. The van der Waals surface area contributed by atoms with Crippen molar-refractivity contribution in [2.45, 2.75) is 39.2 Å². The summed E-state index contributed by atoms with van der Waals surface area (Å²) in [6.07, 6.45) is 2.94. The highest BCUT2D eigenvalue weighted by Crippen LogP contribution is 2.19. The molecule has 17 heavy (non-hydrogen) atoms. The number of hydrogen-bond acceptors (Lipinski definition) is 3. The maximum Gasteiger partial charge on any atom is 0.197 e. The Labute approximate surface area is 102 Å². The molecule has 0 aliphatic carbocycles. The van der Waals surface area contributed by atoms with Gasteiger partial charge in [0, 0.05) is 12.5 Å². The Kier molecular flexibility index (Phi) is 3.79. The molecular formula is C14H20N2O. The topological polar surface area (TPSA) is 52.0 Å². The smallest absolute Gasteiger partial charge is 0.197 e. The van der Waals surface area contributed by atoms with Crippen LogP contribution in [-0.2, 0) is 6.42 Å². The molecule has 3 nitrogen and oxygen atoms in total. The first kappa shape index (κ1) is 12.1. The number of hydrogen-bond donors (Lipinski definition) is 1. The fourth-order valence-corrected chi connectivity index (χ4v) is 2.27. The monoisotopic (exact) mass is 232 g/mol. The minimum absolute atomic E-state index is 0.137. The molecule has 0 amide bonds. The van der Waals surface area contributed by atoms with Gasteiger partial charge in [-0.1, -0.05) is 38.8 Å². The number of fused-ring (bicyclic) bond motifs is 1. The van der Waals surface area contributed by atoms with E-state index in [4.69, 9.17) is 10.2 Å². The molecule has 0 fully saturated rings. The number of nitrogens with zero attached hydrogens (tertiary/aromatic N) is 1. The Morgan fingerprint density at radius 3 is 2.59 bits per heavy atom. The second-order valence-electron chi connectivity index (χ2n) is 4.52. The first-order valence-corrected chi connectivity index (χ1v) is 6.34. The minimum atomic E-state index is 0.137. The zero-order valence-corrected chi connectivity index (χ0v) is 10.5. The molecular weight excluding hydrogens is 212 g/mol. The van der Waals surface area contributed by atoms with Crippen LogP contribution in [0, 0.1) is 5.92 Å². The average molecular weight is 232 g/mol. The van der Waals surface area contributed by atoms with Crippen LogP contribution in [0.25, 0.3) is 11.1 Å². The highest BCUT2D eigenvalue weighted by atomic mass is 16.3. The third-order valence-electron chi connectivity index (χ3n) is 3.40. The van der Waals surface area contributed by atoms with Crippen molar-refractivity contribution in [2.75, 3.05) is 0 Å². The van der Waals surface area contributed by atoms with Crippen molar-refractivity contribution in [1.29, 1.82) is 0 Å². The number of para-hydroxylation sites is 2. The van der Waals surface area contributed by atoms with E-state index in [0.29, 0.717) is 5.92 Å². The van der Waals surface area contributed by atoms with Crippen LogP contribution in [0.15, 0.2) is 28.7 Å². The highest BCUT2D eigenvalue weighted by Gasteiger charge is 2.17. The largest absolute Gasteiger partial charge is 0.441 e. The standard InChI is InChI=1S/C14H20N2O/c1-3-10(4-2)11(15)9-14-16-12-7-5-6-8-13(12)17-14/h5-8,10-11H,3-4,9,15H2,1-2H3. The fourth-order valence-electron chi connectivity index (χ4n) is 2.27. The first-order valence-electron chi connectivity index (χ1n) is 6.34. The van der Waals surface area contributed by atoms with Crippen LogP contribution in [0.3, 0.4) is 0 Å². The molecule has 2 N–H and O–H groups in total. The lowest BCUT2D eigenvalue weighted by Gasteiger charge is -2.19. The number of aromatic nitrogens is 1. The maximum absolute atomic E-state index is 6.19. The van der Waals surface area contributed by atoms with Crippen molar-refractivity contribution in [3.05, 3.63) is 30.2 Å². The van der Waals surface area contributed by atoms with Crippen LogP contribution in [-0.4, -0.2) is 11.0 Å². The molecule has 1 aromatic carbocycles. The van der Waals surface area contributed by atoms with E-state index in [9.17, 15) is 0 Å². The molecule has 1 unspecified atom stereocenters. The molecule has 0 aliphatic rings. The molecule has 0 radical (unpaired) electrons. The van der Waals surface area contributed by atoms with Crippen molar-refractivity contribution in [2.24, 2.45) is 11.7 Å². The van der Waals surface area contributed by atoms with E-state index < -0.39 is 0 Å².